The molecule has 0 bridgehead atoms. The van der Waals surface area contributed by atoms with Gasteiger partial charge in [0.15, 0.2) is 0 Å². The number of esters is 1. The van der Waals surface area contributed by atoms with Crippen LogP contribution in [0.5, 0.6) is 5.75 Å². The van der Waals surface area contributed by atoms with Crippen LogP contribution in [0.2, 0.25) is 0 Å². The highest BCUT2D eigenvalue weighted by atomic mass is 31.2. The van der Waals surface area contributed by atoms with Crippen LogP contribution in [-0.4, -0.2) is 22.9 Å². The van der Waals surface area contributed by atoms with E-state index in [4.69, 9.17) is 9.79 Å². The van der Waals surface area contributed by atoms with Crippen molar-refractivity contribution in [2.24, 2.45) is 0 Å². The van der Waals surface area contributed by atoms with Crippen LogP contribution in [-0.2, 0) is 20.5 Å². The molecule has 0 saturated heterocycles. The van der Waals surface area contributed by atoms with Crippen LogP contribution in [0.4, 0.5) is 0 Å². The lowest BCUT2D eigenvalue weighted by Gasteiger charge is -2.10. The molecule has 16 heavy (non-hydrogen) atoms. The van der Waals surface area contributed by atoms with Gasteiger partial charge in [-0.2, -0.15) is 0 Å². The van der Waals surface area contributed by atoms with Crippen LogP contribution in [0, 0.1) is 0 Å². The number of phosphoric ester groups is 1. The fourth-order valence-electron chi connectivity index (χ4n) is 1.09. The number of carbonyl (C=O) groups is 1. The largest absolute Gasteiger partial charge is 0.524 e. The summed E-state index contributed by atoms with van der Waals surface area (Å²) in [4.78, 5) is 28.3. The van der Waals surface area contributed by atoms with E-state index in [2.05, 4.69) is 9.26 Å². The summed E-state index contributed by atoms with van der Waals surface area (Å²) < 4.78 is 19.6. The number of phosphoric acid groups is 1. The molecule has 2 N–H and O–H groups in total. The third-order valence-electron chi connectivity index (χ3n) is 1.75. The van der Waals surface area contributed by atoms with Crippen LogP contribution < -0.4 is 4.52 Å². The number of methoxy groups -OCH3 is 1. The second-order valence-electron chi connectivity index (χ2n) is 2.94. The van der Waals surface area contributed by atoms with Gasteiger partial charge in [-0.3, -0.25) is 14.6 Å². The average molecular weight is 246 g/mol. The molecule has 0 aliphatic carbocycles. The van der Waals surface area contributed by atoms with E-state index in [-0.39, 0.29) is 12.2 Å². The molecule has 0 unspecified atom stereocenters. The molecule has 0 heterocycles. The standard InChI is InChI=1S/C9H11O6P/c1-14-9(10)6-7-4-2-3-5-8(7)15-16(11,12)13/h2-5H,6H2,1H3,(H2,11,12,13). The smallest absolute Gasteiger partial charge is 0.469 e. The third-order valence-corrected chi connectivity index (χ3v) is 2.19. The summed E-state index contributed by atoms with van der Waals surface area (Å²) in [7, 11) is -3.39. The number of benzene rings is 1. The first-order valence-corrected chi connectivity index (χ1v) is 5.85. The minimum Gasteiger partial charge on any atom is -0.469 e. The topological polar surface area (TPSA) is 93.1 Å². The quantitative estimate of drug-likeness (QED) is 0.605. The number of ether oxygens (including phenoxy) is 1. The number of hydrogen-bond donors (Lipinski definition) is 2. The average Bonchev–Trinajstić information content (AvgIpc) is 2.18. The number of para-hydroxylation sites is 1. The third kappa shape index (κ3) is 4.02. The second-order valence-corrected chi connectivity index (χ2v) is 4.11. The van der Waals surface area contributed by atoms with E-state index < -0.39 is 13.8 Å². The van der Waals surface area contributed by atoms with Crippen LogP contribution in [0.25, 0.3) is 0 Å². The van der Waals surface area contributed by atoms with Crippen molar-refractivity contribution in [2.75, 3.05) is 7.11 Å². The highest BCUT2D eigenvalue weighted by Crippen LogP contribution is 2.39. The molecule has 88 valence electrons. The predicted octanol–water partition coefficient (Wildman–Crippen LogP) is 0.874. The molecule has 0 amide bonds. The molecule has 0 fully saturated rings. The van der Waals surface area contributed by atoms with E-state index in [1.165, 1.54) is 19.2 Å². The Morgan fingerprint density at radius 3 is 2.56 bits per heavy atom. The van der Waals surface area contributed by atoms with Gasteiger partial charge in [-0.05, 0) is 6.07 Å². The van der Waals surface area contributed by atoms with Gasteiger partial charge in [-0.1, -0.05) is 18.2 Å². The van der Waals surface area contributed by atoms with Gasteiger partial charge in [0.25, 0.3) is 0 Å². The Hall–Kier alpha value is -1.36. The molecule has 0 atom stereocenters. The van der Waals surface area contributed by atoms with Crippen LogP contribution in [0.15, 0.2) is 24.3 Å². The van der Waals surface area contributed by atoms with Crippen molar-refractivity contribution in [3.63, 3.8) is 0 Å². The molecule has 0 aliphatic heterocycles. The summed E-state index contributed by atoms with van der Waals surface area (Å²) in [5.41, 5.74) is 0.359. The Labute approximate surface area is 92.1 Å². The van der Waals surface area contributed by atoms with Crippen molar-refractivity contribution in [3.05, 3.63) is 29.8 Å². The maximum Gasteiger partial charge on any atom is 0.524 e. The summed E-state index contributed by atoms with van der Waals surface area (Å²) in [5, 5.41) is 0. The van der Waals surface area contributed by atoms with Gasteiger partial charge >= 0.3 is 13.8 Å². The summed E-state index contributed by atoms with van der Waals surface area (Å²) in [6, 6.07) is 6.08. The first-order chi connectivity index (χ1) is 7.42. The lowest BCUT2D eigenvalue weighted by Crippen LogP contribution is -2.06. The molecule has 0 aromatic heterocycles. The molecule has 6 nitrogen and oxygen atoms in total. The highest BCUT2D eigenvalue weighted by Gasteiger charge is 2.19. The number of carbonyl (C=O) groups excluding carboxylic acids is 1. The second kappa shape index (κ2) is 5.12. The Balaban J connectivity index is 2.92. The van der Waals surface area contributed by atoms with Crippen molar-refractivity contribution >= 4 is 13.8 Å². The maximum absolute atomic E-state index is 11.0. The van der Waals surface area contributed by atoms with Crippen LogP contribution in [0.3, 0.4) is 0 Å². The fraction of sp³-hybridized carbons (Fsp3) is 0.222. The molecule has 7 heteroatoms. The lowest BCUT2D eigenvalue weighted by atomic mass is 10.1. The molecule has 1 rings (SSSR count). The molecule has 0 aliphatic rings. The highest BCUT2D eigenvalue weighted by molar-refractivity contribution is 7.46. The SMILES string of the molecule is COC(=O)Cc1ccccc1OP(=O)(O)O. The Kier molecular flexibility index (Phi) is 4.06. The minimum absolute atomic E-state index is 0.0266. The molecule has 0 radical (unpaired) electrons. The normalized spacial score (nSPS) is 10.9. The summed E-state index contributed by atoms with van der Waals surface area (Å²) in [6.07, 6.45) is -0.104. The van der Waals surface area contributed by atoms with Crippen molar-refractivity contribution < 1.29 is 28.4 Å². The zero-order chi connectivity index (χ0) is 12.2. The van der Waals surface area contributed by atoms with Crippen LogP contribution in [0.1, 0.15) is 5.56 Å². The van der Waals surface area contributed by atoms with Gasteiger partial charge in [0.05, 0.1) is 13.5 Å². The Morgan fingerprint density at radius 1 is 1.38 bits per heavy atom. The van der Waals surface area contributed by atoms with E-state index >= 15 is 0 Å². The van der Waals surface area contributed by atoms with Gasteiger partial charge in [-0.15, -0.1) is 0 Å². The van der Waals surface area contributed by atoms with Crippen molar-refractivity contribution in [1.29, 1.82) is 0 Å². The van der Waals surface area contributed by atoms with Gasteiger partial charge in [-0.25, -0.2) is 4.57 Å². The maximum atomic E-state index is 11.0. The zero-order valence-corrected chi connectivity index (χ0v) is 9.39. The van der Waals surface area contributed by atoms with E-state index in [1.54, 1.807) is 12.1 Å². The molecule has 1 aromatic rings. The van der Waals surface area contributed by atoms with Gasteiger partial charge in [0, 0.05) is 5.56 Å². The molecule has 1 aromatic carbocycles. The monoisotopic (exact) mass is 246 g/mol. The number of hydrogen-bond acceptors (Lipinski definition) is 4. The minimum atomic E-state index is -4.62. The van der Waals surface area contributed by atoms with Crippen molar-refractivity contribution in [3.8, 4) is 5.75 Å². The van der Waals surface area contributed by atoms with Gasteiger partial charge < -0.3 is 9.26 Å². The zero-order valence-electron chi connectivity index (χ0n) is 8.49. The van der Waals surface area contributed by atoms with E-state index in [0.717, 1.165) is 0 Å². The predicted molar refractivity (Wildman–Crippen MR) is 54.8 cm³/mol. The first kappa shape index (κ1) is 12.7. The summed E-state index contributed by atoms with van der Waals surface area (Å²) in [6.45, 7) is 0. The summed E-state index contributed by atoms with van der Waals surface area (Å²) in [5.74, 6) is -0.539. The van der Waals surface area contributed by atoms with E-state index in [1.807, 2.05) is 0 Å². The fourth-order valence-corrected chi connectivity index (χ4v) is 1.53. The molecular formula is C9H11O6P. The Bertz CT molecular complexity index is 424. The van der Waals surface area contributed by atoms with Crippen molar-refractivity contribution in [1.82, 2.24) is 0 Å². The molecular weight excluding hydrogens is 235 g/mol. The van der Waals surface area contributed by atoms with E-state index in [9.17, 15) is 9.36 Å². The van der Waals surface area contributed by atoms with Crippen molar-refractivity contribution in [2.45, 2.75) is 6.42 Å². The van der Waals surface area contributed by atoms with Gasteiger partial charge in [0.2, 0.25) is 0 Å². The molecule has 0 spiro atoms. The molecule has 0 saturated carbocycles. The first-order valence-electron chi connectivity index (χ1n) is 4.32. The lowest BCUT2D eigenvalue weighted by molar-refractivity contribution is -0.139. The summed E-state index contributed by atoms with van der Waals surface area (Å²) >= 11 is 0. The number of rotatable bonds is 4. The Morgan fingerprint density at radius 2 is 2.00 bits per heavy atom. The van der Waals surface area contributed by atoms with Crippen LogP contribution >= 0.6 is 7.82 Å². The van der Waals surface area contributed by atoms with E-state index in [0.29, 0.717) is 5.56 Å². The van der Waals surface area contributed by atoms with Gasteiger partial charge in [0.1, 0.15) is 5.75 Å².